The molecule has 0 aliphatic rings. The first kappa shape index (κ1) is 23.7. The van der Waals surface area contributed by atoms with Crippen molar-refractivity contribution >= 4 is 48.9 Å². The van der Waals surface area contributed by atoms with Crippen molar-refractivity contribution in [3.63, 3.8) is 0 Å². The molecular formula is C25H25N3O4S2. The fourth-order valence-corrected chi connectivity index (χ4v) is 5.63. The third-order valence-corrected chi connectivity index (χ3v) is 7.56. The second kappa shape index (κ2) is 9.44. The molecule has 7 nitrogen and oxygen atoms in total. The smallest absolute Gasteiger partial charge is 0.308 e. The van der Waals surface area contributed by atoms with Crippen LogP contribution in [0.3, 0.4) is 0 Å². The van der Waals surface area contributed by atoms with Gasteiger partial charge in [0.05, 0.1) is 28.7 Å². The molecule has 1 heterocycles. The average Bonchev–Trinajstić information content (AvgIpc) is 3.11. The van der Waals surface area contributed by atoms with Crippen LogP contribution < -0.4 is 14.5 Å². The van der Waals surface area contributed by atoms with E-state index in [-0.39, 0.29) is 17.3 Å². The normalized spacial score (nSPS) is 11.5. The zero-order chi connectivity index (χ0) is 24.5. The molecule has 4 aromatic rings. The van der Waals surface area contributed by atoms with Gasteiger partial charge in [-0.2, -0.15) is 0 Å². The van der Waals surface area contributed by atoms with Crippen molar-refractivity contribution in [2.75, 3.05) is 15.9 Å². The van der Waals surface area contributed by atoms with Gasteiger partial charge in [-0.25, -0.2) is 8.42 Å². The lowest BCUT2D eigenvalue weighted by Gasteiger charge is -2.23. The maximum absolute atomic E-state index is 12.7. The van der Waals surface area contributed by atoms with Gasteiger partial charge in [0.1, 0.15) is 0 Å². The number of aromatic nitrogens is 1. The van der Waals surface area contributed by atoms with Crippen LogP contribution >= 0.6 is 11.3 Å². The second-order valence-electron chi connectivity index (χ2n) is 8.05. The van der Waals surface area contributed by atoms with E-state index in [9.17, 15) is 18.0 Å². The zero-order valence-corrected chi connectivity index (χ0v) is 20.7. The lowest BCUT2D eigenvalue weighted by Crippen LogP contribution is -2.29. The highest BCUT2D eigenvalue weighted by Gasteiger charge is 2.18. The van der Waals surface area contributed by atoms with E-state index in [0.717, 1.165) is 32.7 Å². The van der Waals surface area contributed by atoms with E-state index in [2.05, 4.69) is 5.32 Å². The third kappa shape index (κ3) is 5.05. The minimum atomic E-state index is -3.49. The highest BCUT2D eigenvalue weighted by Crippen LogP contribution is 2.24. The summed E-state index contributed by atoms with van der Waals surface area (Å²) in [5.74, 6) is -0.285. The first-order valence-corrected chi connectivity index (χ1v) is 13.4. The van der Waals surface area contributed by atoms with E-state index in [0.29, 0.717) is 23.5 Å². The maximum atomic E-state index is 12.7. The van der Waals surface area contributed by atoms with E-state index in [1.165, 1.54) is 10.6 Å². The Labute approximate surface area is 202 Å². The number of rotatable bonds is 7. The topological polar surface area (TPSA) is 88.5 Å². The number of hydrogen-bond acceptors (Lipinski definition) is 5. The number of thiazole rings is 1. The summed E-state index contributed by atoms with van der Waals surface area (Å²) in [6.07, 6.45) is 1.18. The first-order chi connectivity index (χ1) is 16.2. The molecule has 0 aliphatic heterocycles. The summed E-state index contributed by atoms with van der Waals surface area (Å²) in [7, 11) is -3.49. The molecule has 0 atom stereocenters. The molecule has 1 aromatic heterocycles. The van der Waals surface area contributed by atoms with Gasteiger partial charge in [0.25, 0.3) is 5.91 Å². The molecule has 1 N–H and O–H groups in total. The van der Waals surface area contributed by atoms with Gasteiger partial charge >= 0.3 is 4.87 Å². The fraction of sp³-hybridized carbons (Fsp3) is 0.200. The Hall–Kier alpha value is -3.43. The van der Waals surface area contributed by atoms with Crippen LogP contribution in [0.4, 0.5) is 11.4 Å². The van der Waals surface area contributed by atoms with E-state index < -0.39 is 10.0 Å². The SMILES string of the molecule is CCn1c(=O)sc2cc(NC(=O)c3ccc(CN(c4cccc(C)c4)S(C)(=O)=O)cc3)ccc21. The molecule has 0 spiro atoms. The van der Waals surface area contributed by atoms with Gasteiger partial charge < -0.3 is 5.32 Å². The molecule has 0 saturated heterocycles. The molecule has 0 fully saturated rings. The maximum Gasteiger partial charge on any atom is 0.308 e. The van der Waals surface area contributed by atoms with Crippen LogP contribution in [0, 0.1) is 6.92 Å². The predicted octanol–water partition coefficient (Wildman–Crippen LogP) is 4.61. The fourth-order valence-electron chi connectivity index (χ4n) is 3.76. The summed E-state index contributed by atoms with van der Waals surface area (Å²) >= 11 is 1.15. The van der Waals surface area contributed by atoms with Crippen molar-refractivity contribution in [3.05, 3.63) is 93.1 Å². The molecule has 176 valence electrons. The Bertz CT molecular complexity index is 1520. The van der Waals surface area contributed by atoms with Crippen molar-refractivity contribution in [2.45, 2.75) is 26.9 Å². The summed E-state index contributed by atoms with van der Waals surface area (Å²) in [5, 5.41) is 2.86. The largest absolute Gasteiger partial charge is 0.322 e. The van der Waals surface area contributed by atoms with Crippen molar-refractivity contribution < 1.29 is 13.2 Å². The van der Waals surface area contributed by atoms with Crippen LogP contribution in [0.2, 0.25) is 0 Å². The number of nitrogens with zero attached hydrogens (tertiary/aromatic N) is 2. The Morgan fingerprint density at radius 1 is 1.06 bits per heavy atom. The molecule has 0 aliphatic carbocycles. The van der Waals surface area contributed by atoms with Crippen molar-refractivity contribution in [1.82, 2.24) is 4.57 Å². The van der Waals surface area contributed by atoms with Gasteiger partial charge in [-0.05, 0) is 67.4 Å². The number of amides is 1. The summed E-state index contributed by atoms with van der Waals surface area (Å²) < 4.78 is 28.7. The molecule has 0 bridgehead atoms. The molecule has 0 unspecified atom stereocenters. The zero-order valence-electron chi connectivity index (χ0n) is 19.1. The van der Waals surface area contributed by atoms with Gasteiger partial charge in [-0.1, -0.05) is 35.6 Å². The minimum Gasteiger partial charge on any atom is -0.322 e. The van der Waals surface area contributed by atoms with Crippen LogP contribution in [0.5, 0.6) is 0 Å². The van der Waals surface area contributed by atoms with Crippen LogP contribution in [0.25, 0.3) is 10.2 Å². The lowest BCUT2D eigenvalue weighted by atomic mass is 10.1. The first-order valence-electron chi connectivity index (χ1n) is 10.7. The van der Waals surface area contributed by atoms with E-state index >= 15 is 0 Å². The number of hydrogen-bond donors (Lipinski definition) is 1. The highest BCUT2D eigenvalue weighted by atomic mass is 32.2. The van der Waals surface area contributed by atoms with Gasteiger partial charge in [0.15, 0.2) is 0 Å². The average molecular weight is 496 g/mol. The van der Waals surface area contributed by atoms with Crippen LogP contribution in [-0.2, 0) is 23.1 Å². The monoisotopic (exact) mass is 495 g/mol. The van der Waals surface area contributed by atoms with E-state index in [4.69, 9.17) is 0 Å². The minimum absolute atomic E-state index is 0.0228. The molecule has 9 heteroatoms. The van der Waals surface area contributed by atoms with Gasteiger partial charge in [-0.15, -0.1) is 0 Å². The highest BCUT2D eigenvalue weighted by molar-refractivity contribution is 7.92. The van der Waals surface area contributed by atoms with Gasteiger partial charge in [0, 0.05) is 17.8 Å². The van der Waals surface area contributed by atoms with Gasteiger partial charge in [-0.3, -0.25) is 18.5 Å². The third-order valence-electron chi connectivity index (χ3n) is 5.47. The Kier molecular flexibility index (Phi) is 6.58. The second-order valence-corrected chi connectivity index (χ2v) is 11.0. The summed E-state index contributed by atoms with van der Waals surface area (Å²) in [4.78, 5) is 24.8. The molecule has 34 heavy (non-hydrogen) atoms. The van der Waals surface area contributed by atoms with Crippen LogP contribution in [0.1, 0.15) is 28.4 Å². The Balaban J connectivity index is 1.51. The summed E-state index contributed by atoms with van der Waals surface area (Å²) in [5.41, 5.74) is 4.23. The Morgan fingerprint density at radius 3 is 2.44 bits per heavy atom. The predicted molar refractivity (Wildman–Crippen MR) is 138 cm³/mol. The molecule has 0 saturated carbocycles. The molecule has 1 amide bonds. The number of carbonyl (C=O) groups excluding carboxylic acids is 1. The van der Waals surface area contributed by atoms with Crippen molar-refractivity contribution in [2.24, 2.45) is 0 Å². The van der Waals surface area contributed by atoms with Gasteiger partial charge in [0.2, 0.25) is 10.0 Å². The summed E-state index contributed by atoms with van der Waals surface area (Å²) in [6, 6.07) is 19.6. The van der Waals surface area contributed by atoms with Crippen LogP contribution in [-0.4, -0.2) is 25.1 Å². The van der Waals surface area contributed by atoms with Crippen molar-refractivity contribution in [3.8, 4) is 0 Å². The molecule has 4 rings (SSSR count). The van der Waals surface area contributed by atoms with Crippen LogP contribution in [0.15, 0.2) is 71.5 Å². The number of sulfonamides is 1. The van der Waals surface area contributed by atoms with E-state index in [1.54, 1.807) is 47.0 Å². The Morgan fingerprint density at radius 2 is 1.79 bits per heavy atom. The number of anilines is 2. The number of aryl methyl sites for hydroxylation is 2. The number of fused-ring (bicyclic) bond motifs is 1. The molecular weight excluding hydrogens is 470 g/mol. The quantitative estimate of drug-likeness (QED) is 0.406. The molecule has 0 radical (unpaired) electrons. The van der Waals surface area contributed by atoms with Crippen molar-refractivity contribution in [1.29, 1.82) is 0 Å². The number of carbonyl (C=O) groups is 1. The molecule has 3 aromatic carbocycles. The standard InChI is InChI=1S/C25H25N3O4S2/c1-4-27-22-13-12-20(15-23(22)33-25(27)30)26-24(29)19-10-8-18(9-11-19)16-28(34(3,31)32)21-7-5-6-17(2)14-21/h5-15H,4,16H2,1-3H3,(H,26,29). The number of benzene rings is 3. The van der Waals surface area contributed by atoms with E-state index in [1.807, 2.05) is 38.1 Å². The number of nitrogens with one attached hydrogen (secondary N) is 1. The lowest BCUT2D eigenvalue weighted by molar-refractivity contribution is 0.102. The summed E-state index contributed by atoms with van der Waals surface area (Å²) in [6.45, 7) is 4.59.